The van der Waals surface area contributed by atoms with Crippen LogP contribution in [0.1, 0.15) is 5.69 Å². The van der Waals surface area contributed by atoms with E-state index in [1.165, 1.54) is 11.8 Å². The quantitative estimate of drug-likeness (QED) is 0.372. The lowest BCUT2D eigenvalue weighted by Gasteiger charge is -2.15. The topological polar surface area (TPSA) is 63.9 Å². The van der Waals surface area contributed by atoms with E-state index >= 15 is 0 Å². The van der Waals surface area contributed by atoms with Crippen molar-refractivity contribution in [3.05, 3.63) is 53.2 Å². The first-order chi connectivity index (χ1) is 14.0. The fourth-order valence-electron chi connectivity index (χ4n) is 3.40. The highest BCUT2D eigenvalue weighted by Gasteiger charge is 2.24. The summed E-state index contributed by atoms with van der Waals surface area (Å²) in [5.41, 5.74) is 2.96. The summed E-state index contributed by atoms with van der Waals surface area (Å²) < 4.78 is 13.1. The van der Waals surface area contributed by atoms with E-state index in [9.17, 15) is 0 Å². The van der Waals surface area contributed by atoms with Gasteiger partial charge in [0.15, 0.2) is 11.5 Å². The van der Waals surface area contributed by atoms with E-state index in [1.807, 2.05) is 49.6 Å². The lowest BCUT2D eigenvalue weighted by atomic mass is 10.0. The van der Waals surface area contributed by atoms with Crippen molar-refractivity contribution >= 4 is 34.1 Å². The highest BCUT2D eigenvalue weighted by molar-refractivity contribution is 7.98. The summed E-state index contributed by atoms with van der Waals surface area (Å²) >= 11 is 7.63. The Morgan fingerprint density at radius 1 is 1.03 bits per heavy atom. The predicted molar refractivity (Wildman–Crippen MR) is 115 cm³/mol. The number of aryl methyl sites for hydroxylation is 1. The molecule has 6 nitrogen and oxygen atoms in total. The summed E-state index contributed by atoms with van der Waals surface area (Å²) in [6.07, 6.45) is 1.95. The van der Waals surface area contributed by atoms with E-state index < -0.39 is 0 Å². The molecule has 0 amide bonds. The van der Waals surface area contributed by atoms with Crippen LogP contribution in [0, 0.1) is 6.92 Å². The Morgan fingerprint density at radius 3 is 2.34 bits per heavy atom. The number of rotatable bonds is 5. The number of H-pyrrole nitrogens is 1. The third-order valence-electron chi connectivity index (χ3n) is 4.72. The van der Waals surface area contributed by atoms with Crippen LogP contribution in [-0.4, -0.2) is 35.7 Å². The molecule has 0 saturated heterocycles. The summed E-state index contributed by atoms with van der Waals surface area (Å²) in [4.78, 5) is 4.62. The maximum absolute atomic E-state index is 6.14. The molecular formula is C21H20ClN4O2S+. The Morgan fingerprint density at radius 2 is 1.72 bits per heavy atom. The number of fused-ring (bicyclic) bond motifs is 1. The molecule has 0 atom stereocenters. The molecule has 2 heterocycles. The number of halogens is 1. The van der Waals surface area contributed by atoms with Crippen molar-refractivity contribution in [3.63, 3.8) is 0 Å². The molecule has 2 aromatic heterocycles. The van der Waals surface area contributed by atoms with Gasteiger partial charge in [0.1, 0.15) is 5.69 Å². The molecule has 0 spiro atoms. The standard InChI is InChI=1S/C21H20ClN4O2S/c1-12-9-14-10-17(27-2)18(28-3)11-16(14)19(13-5-7-15(22)8-6-13)26(12)20-23-21(29-4)25-24-20/h5-11H,1-4H3,(H,23,24,25)/q+1. The average molecular weight is 428 g/mol. The first kappa shape index (κ1) is 19.5. The van der Waals surface area contributed by atoms with Crippen LogP contribution in [-0.2, 0) is 0 Å². The zero-order valence-corrected chi connectivity index (χ0v) is 18.1. The smallest absolute Gasteiger partial charge is 0.423 e. The number of hydrogen-bond donors (Lipinski definition) is 1. The molecule has 29 heavy (non-hydrogen) atoms. The highest BCUT2D eigenvalue weighted by atomic mass is 35.5. The number of hydrogen-bond acceptors (Lipinski definition) is 5. The van der Waals surface area contributed by atoms with Gasteiger partial charge in [-0.2, -0.15) is 4.57 Å². The molecule has 1 N–H and O–H groups in total. The summed E-state index contributed by atoms with van der Waals surface area (Å²) in [5, 5.41) is 10.7. The molecule has 2 aromatic carbocycles. The number of aromatic amines is 1. The predicted octanol–water partition coefficient (Wildman–Crippen LogP) is 4.60. The van der Waals surface area contributed by atoms with Crippen LogP contribution < -0.4 is 14.0 Å². The molecule has 0 bridgehead atoms. The summed E-state index contributed by atoms with van der Waals surface area (Å²) in [6, 6.07) is 13.8. The molecule has 0 fully saturated rings. The van der Waals surface area contributed by atoms with Gasteiger partial charge in [-0.15, -0.1) is 5.10 Å². The molecule has 0 radical (unpaired) electrons. The second-order valence-corrected chi connectivity index (χ2v) is 7.63. The first-order valence-electron chi connectivity index (χ1n) is 8.89. The monoisotopic (exact) mass is 427 g/mol. The van der Waals surface area contributed by atoms with Gasteiger partial charge in [0.2, 0.25) is 0 Å². The van der Waals surface area contributed by atoms with E-state index in [-0.39, 0.29) is 0 Å². The number of ether oxygens (including phenoxy) is 2. The van der Waals surface area contributed by atoms with Crippen LogP contribution in [0.5, 0.6) is 11.5 Å². The minimum atomic E-state index is 0.647. The SMILES string of the molecule is COc1cc2cc(C)[n+](-c3nc(SC)n[nH]3)c(-c3ccc(Cl)cc3)c2cc1OC. The van der Waals surface area contributed by atoms with Crippen molar-refractivity contribution in [1.29, 1.82) is 0 Å². The molecular weight excluding hydrogens is 408 g/mol. The van der Waals surface area contributed by atoms with Crippen LogP contribution >= 0.6 is 23.4 Å². The molecule has 0 aliphatic carbocycles. The van der Waals surface area contributed by atoms with E-state index in [4.69, 9.17) is 21.1 Å². The van der Waals surface area contributed by atoms with Crippen molar-refractivity contribution in [3.8, 4) is 28.7 Å². The summed E-state index contributed by atoms with van der Waals surface area (Å²) in [6.45, 7) is 2.04. The second-order valence-electron chi connectivity index (χ2n) is 6.42. The van der Waals surface area contributed by atoms with Crippen LogP contribution in [0.25, 0.3) is 28.0 Å². The molecule has 8 heteroatoms. The molecule has 0 aliphatic heterocycles. The van der Waals surface area contributed by atoms with Crippen molar-refractivity contribution in [2.45, 2.75) is 12.1 Å². The third-order valence-corrected chi connectivity index (χ3v) is 5.52. The minimum absolute atomic E-state index is 0.647. The Bertz CT molecular complexity index is 1190. The van der Waals surface area contributed by atoms with E-state index in [1.54, 1.807) is 14.2 Å². The normalized spacial score (nSPS) is 11.1. The molecule has 148 valence electrons. The van der Waals surface area contributed by atoms with Crippen LogP contribution in [0.3, 0.4) is 0 Å². The van der Waals surface area contributed by atoms with E-state index in [0.717, 1.165) is 27.7 Å². The number of methoxy groups -OCH3 is 2. The molecule has 4 aromatic rings. The Balaban J connectivity index is 2.11. The maximum atomic E-state index is 6.14. The van der Waals surface area contributed by atoms with Crippen molar-refractivity contribution in [2.24, 2.45) is 0 Å². The number of benzene rings is 2. The second kappa shape index (κ2) is 7.93. The lowest BCUT2D eigenvalue weighted by molar-refractivity contribution is -0.597. The van der Waals surface area contributed by atoms with Crippen molar-refractivity contribution in [1.82, 2.24) is 15.2 Å². The molecule has 0 saturated carbocycles. The van der Waals surface area contributed by atoms with Gasteiger partial charge in [-0.25, -0.2) is 0 Å². The third kappa shape index (κ3) is 3.52. The van der Waals surface area contributed by atoms with Gasteiger partial charge >= 0.3 is 5.95 Å². The number of thioether (sulfide) groups is 1. The fraction of sp³-hybridized carbons (Fsp3) is 0.190. The zero-order valence-electron chi connectivity index (χ0n) is 16.5. The van der Waals surface area contributed by atoms with Gasteiger partial charge in [-0.05, 0) is 66.0 Å². The van der Waals surface area contributed by atoms with Crippen molar-refractivity contribution in [2.75, 3.05) is 20.5 Å². The maximum Gasteiger partial charge on any atom is 0.423 e. The molecule has 4 rings (SSSR count). The molecule has 0 unspecified atom stereocenters. The summed E-state index contributed by atoms with van der Waals surface area (Å²) in [7, 11) is 3.27. The highest BCUT2D eigenvalue weighted by Crippen LogP contribution is 2.36. The minimum Gasteiger partial charge on any atom is -0.493 e. The number of nitrogens with zero attached hydrogens (tertiary/aromatic N) is 3. The Hall–Kier alpha value is -2.77. The lowest BCUT2D eigenvalue weighted by Crippen LogP contribution is -2.38. The Labute approximate surface area is 177 Å². The fourth-order valence-corrected chi connectivity index (χ4v) is 3.84. The van der Waals surface area contributed by atoms with Gasteiger partial charge in [0.05, 0.1) is 19.9 Å². The van der Waals surface area contributed by atoms with Crippen LogP contribution in [0.15, 0.2) is 47.6 Å². The average Bonchev–Trinajstić information content (AvgIpc) is 3.21. The van der Waals surface area contributed by atoms with E-state index in [2.05, 4.69) is 25.8 Å². The van der Waals surface area contributed by atoms with Crippen molar-refractivity contribution < 1.29 is 14.0 Å². The van der Waals surface area contributed by atoms with Gasteiger partial charge in [0, 0.05) is 16.0 Å². The largest absolute Gasteiger partial charge is 0.493 e. The van der Waals surface area contributed by atoms with Crippen LogP contribution in [0.2, 0.25) is 5.02 Å². The van der Waals surface area contributed by atoms with Gasteiger partial charge in [-0.1, -0.05) is 28.5 Å². The summed E-state index contributed by atoms with van der Waals surface area (Å²) in [5.74, 6) is 1.99. The van der Waals surface area contributed by atoms with Gasteiger partial charge < -0.3 is 9.47 Å². The zero-order chi connectivity index (χ0) is 20.5. The first-order valence-corrected chi connectivity index (χ1v) is 10.5. The van der Waals surface area contributed by atoms with Crippen LogP contribution in [0.4, 0.5) is 0 Å². The van der Waals surface area contributed by atoms with Gasteiger partial charge in [-0.3, -0.25) is 0 Å². The number of nitrogens with one attached hydrogen (secondary N) is 1. The molecule has 0 aliphatic rings. The Kier molecular flexibility index (Phi) is 5.34. The number of pyridine rings is 1. The van der Waals surface area contributed by atoms with Gasteiger partial charge in [0.25, 0.3) is 5.16 Å². The van der Waals surface area contributed by atoms with E-state index in [0.29, 0.717) is 27.6 Å². The number of aromatic nitrogens is 4.